The lowest BCUT2D eigenvalue weighted by atomic mass is 10.2. The minimum absolute atomic E-state index is 0.0680. The van der Waals surface area contributed by atoms with Gasteiger partial charge in [-0.25, -0.2) is 4.79 Å². The lowest BCUT2D eigenvalue weighted by Gasteiger charge is -2.14. The van der Waals surface area contributed by atoms with Gasteiger partial charge < -0.3 is 19.8 Å². The zero-order valence-electron chi connectivity index (χ0n) is 14.6. The smallest absolute Gasteiger partial charge is 0.340 e. The molecule has 6 nitrogen and oxygen atoms in total. The van der Waals surface area contributed by atoms with E-state index in [1.165, 1.54) is 0 Å². The monoisotopic (exact) mass is 344 g/mol. The van der Waals surface area contributed by atoms with Gasteiger partial charge in [0.15, 0.2) is 6.61 Å². The molecular weight excluding hydrogens is 320 g/mol. The third kappa shape index (κ3) is 5.99. The summed E-state index contributed by atoms with van der Waals surface area (Å²) in [6.45, 7) is 4.14. The van der Waals surface area contributed by atoms with Gasteiger partial charge in [0.05, 0.1) is 18.4 Å². The van der Waals surface area contributed by atoms with Crippen LogP contribution in [0.1, 0.15) is 42.8 Å². The standard InChI is InChI=1S/C19H24N2O4/c1-3-7-14(2)21-18(22)13-25-19(23)16-9-4-5-10-17(16)20-12-15-8-6-11-24-15/h4-6,8-11,14,20H,3,7,12-13H2,1-2H3,(H,21,22)/t14-/m0/s1. The van der Waals surface area contributed by atoms with E-state index in [4.69, 9.17) is 9.15 Å². The second kappa shape index (κ2) is 9.52. The number of para-hydroxylation sites is 1. The fourth-order valence-electron chi connectivity index (χ4n) is 2.44. The molecule has 1 aromatic carbocycles. The second-order valence-electron chi connectivity index (χ2n) is 5.81. The number of hydrogen-bond acceptors (Lipinski definition) is 5. The Morgan fingerprint density at radius 3 is 2.72 bits per heavy atom. The number of esters is 1. The first-order valence-corrected chi connectivity index (χ1v) is 8.42. The summed E-state index contributed by atoms with van der Waals surface area (Å²) in [7, 11) is 0. The molecule has 25 heavy (non-hydrogen) atoms. The molecule has 0 spiro atoms. The Balaban J connectivity index is 1.89. The van der Waals surface area contributed by atoms with Crippen molar-refractivity contribution in [1.82, 2.24) is 5.32 Å². The van der Waals surface area contributed by atoms with Gasteiger partial charge in [-0.05, 0) is 37.6 Å². The molecule has 2 aromatic rings. The Hall–Kier alpha value is -2.76. The molecule has 134 valence electrons. The van der Waals surface area contributed by atoms with Gasteiger partial charge in [-0.15, -0.1) is 0 Å². The van der Waals surface area contributed by atoms with Crippen molar-refractivity contribution in [3.63, 3.8) is 0 Å². The highest BCUT2D eigenvalue weighted by Gasteiger charge is 2.15. The Labute approximate surface area is 147 Å². The van der Waals surface area contributed by atoms with E-state index in [1.54, 1.807) is 30.5 Å². The van der Waals surface area contributed by atoms with Crippen LogP contribution in [-0.4, -0.2) is 24.5 Å². The minimum Gasteiger partial charge on any atom is -0.467 e. The molecule has 1 amide bonds. The second-order valence-corrected chi connectivity index (χ2v) is 5.81. The summed E-state index contributed by atoms with van der Waals surface area (Å²) >= 11 is 0. The van der Waals surface area contributed by atoms with E-state index in [1.807, 2.05) is 19.1 Å². The summed E-state index contributed by atoms with van der Waals surface area (Å²) < 4.78 is 10.4. The zero-order chi connectivity index (χ0) is 18.1. The Morgan fingerprint density at radius 1 is 1.20 bits per heavy atom. The number of carbonyl (C=O) groups excluding carboxylic acids is 2. The van der Waals surface area contributed by atoms with Gasteiger partial charge in [-0.1, -0.05) is 25.5 Å². The number of amides is 1. The molecule has 0 aliphatic carbocycles. The molecular formula is C19H24N2O4. The van der Waals surface area contributed by atoms with Crippen LogP contribution < -0.4 is 10.6 Å². The maximum atomic E-state index is 12.3. The Bertz CT molecular complexity index is 682. The Kier molecular flexibility index (Phi) is 7.07. The quantitative estimate of drug-likeness (QED) is 0.682. The number of benzene rings is 1. The van der Waals surface area contributed by atoms with E-state index in [2.05, 4.69) is 17.6 Å². The van der Waals surface area contributed by atoms with Gasteiger partial charge >= 0.3 is 5.97 Å². The van der Waals surface area contributed by atoms with Crippen LogP contribution >= 0.6 is 0 Å². The summed E-state index contributed by atoms with van der Waals surface area (Å²) in [5.41, 5.74) is 1.01. The number of rotatable bonds is 9. The molecule has 0 unspecified atom stereocenters. The highest BCUT2D eigenvalue weighted by Crippen LogP contribution is 2.17. The van der Waals surface area contributed by atoms with Crippen LogP contribution in [0.2, 0.25) is 0 Å². The summed E-state index contributed by atoms with van der Waals surface area (Å²) in [4.78, 5) is 24.1. The molecule has 2 rings (SSSR count). The van der Waals surface area contributed by atoms with Crippen LogP contribution in [0.3, 0.4) is 0 Å². The number of nitrogens with one attached hydrogen (secondary N) is 2. The summed E-state index contributed by atoms with van der Waals surface area (Å²) in [5, 5.41) is 5.94. The van der Waals surface area contributed by atoms with Gasteiger partial charge in [0.25, 0.3) is 5.91 Å². The van der Waals surface area contributed by atoms with Crippen LogP contribution in [0, 0.1) is 0 Å². The number of furan rings is 1. The normalized spacial score (nSPS) is 11.6. The van der Waals surface area contributed by atoms with Crippen molar-refractivity contribution in [2.45, 2.75) is 39.3 Å². The lowest BCUT2D eigenvalue weighted by Crippen LogP contribution is -2.35. The van der Waals surface area contributed by atoms with Crippen molar-refractivity contribution in [1.29, 1.82) is 0 Å². The van der Waals surface area contributed by atoms with E-state index < -0.39 is 5.97 Å². The molecule has 0 saturated heterocycles. The molecule has 0 aliphatic heterocycles. The SMILES string of the molecule is CCC[C@H](C)NC(=O)COC(=O)c1ccccc1NCc1ccco1. The molecule has 1 aromatic heterocycles. The number of ether oxygens (including phenoxy) is 1. The molecule has 1 atom stereocenters. The van der Waals surface area contributed by atoms with Gasteiger partial charge in [0, 0.05) is 11.7 Å². The molecule has 0 radical (unpaired) electrons. The first-order valence-electron chi connectivity index (χ1n) is 8.42. The van der Waals surface area contributed by atoms with Crippen molar-refractivity contribution in [2.75, 3.05) is 11.9 Å². The van der Waals surface area contributed by atoms with E-state index in [-0.39, 0.29) is 18.6 Å². The van der Waals surface area contributed by atoms with Crippen LogP contribution in [0.25, 0.3) is 0 Å². The number of hydrogen-bond donors (Lipinski definition) is 2. The summed E-state index contributed by atoms with van der Waals surface area (Å²) in [6.07, 6.45) is 3.46. The lowest BCUT2D eigenvalue weighted by molar-refractivity contribution is -0.124. The predicted octanol–water partition coefficient (Wildman–Crippen LogP) is 3.35. The third-order valence-corrected chi connectivity index (χ3v) is 3.64. The maximum Gasteiger partial charge on any atom is 0.340 e. The van der Waals surface area contributed by atoms with Gasteiger partial charge in [-0.2, -0.15) is 0 Å². The fraction of sp³-hybridized carbons (Fsp3) is 0.368. The van der Waals surface area contributed by atoms with Crippen LogP contribution in [0.4, 0.5) is 5.69 Å². The zero-order valence-corrected chi connectivity index (χ0v) is 14.6. The van der Waals surface area contributed by atoms with E-state index in [0.29, 0.717) is 17.8 Å². The molecule has 0 bridgehead atoms. The van der Waals surface area contributed by atoms with Crippen molar-refractivity contribution in [2.24, 2.45) is 0 Å². The highest BCUT2D eigenvalue weighted by molar-refractivity contribution is 5.96. The van der Waals surface area contributed by atoms with Gasteiger partial charge in [0.2, 0.25) is 0 Å². The average molecular weight is 344 g/mol. The van der Waals surface area contributed by atoms with Gasteiger partial charge in [-0.3, -0.25) is 4.79 Å². The highest BCUT2D eigenvalue weighted by atomic mass is 16.5. The maximum absolute atomic E-state index is 12.3. The number of carbonyl (C=O) groups is 2. The topological polar surface area (TPSA) is 80.6 Å². The average Bonchev–Trinajstić information content (AvgIpc) is 3.12. The van der Waals surface area contributed by atoms with Crippen LogP contribution in [-0.2, 0) is 16.1 Å². The van der Waals surface area contributed by atoms with Crippen molar-refractivity contribution in [3.8, 4) is 0 Å². The van der Waals surface area contributed by atoms with Crippen molar-refractivity contribution >= 4 is 17.6 Å². The molecule has 0 fully saturated rings. The molecule has 6 heteroatoms. The molecule has 2 N–H and O–H groups in total. The van der Waals surface area contributed by atoms with Crippen molar-refractivity contribution < 1.29 is 18.7 Å². The third-order valence-electron chi connectivity index (χ3n) is 3.64. The van der Waals surface area contributed by atoms with E-state index in [9.17, 15) is 9.59 Å². The van der Waals surface area contributed by atoms with Gasteiger partial charge in [0.1, 0.15) is 5.76 Å². The largest absolute Gasteiger partial charge is 0.467 e. The molecule has 0 saturated carbocycles. The van der Waals surface area contributed by atoms with E-state index in [0.717, 1.165) is 18.6 Å². The predicted molar refractivity (Wildman–Crippen MR) is 95.3 cm³/mol. The fourth-order valence-corrected chi connectivity index (χ4v) is 2.44. The van der Waals surface area contributed by atoms with Crippen LogP contribution in [0.5, 0.6) is 0 Å². The molecule has 1 heterocycles. The summed E-state index contributed by atoms with van der Waals surface area (Å²) in [5.74, 6) is -0.0800. The molecule has 0 aliphatic rings. The minimum atomic E-state index is -0.541. The van der Waals surface area contributed by atoms with Crippen LogP contribution in [0.15, 0.2) is 47.1 Å². The first kappa shape index (κ1) is 18.6. The number of anilines is 1. The summed E-state index contributed by atoms with van der Waals surface area (Å²) in [6, 6.07) is 10.7. The first-order chi connectivity index (χ1) is 12.1. The van der Waals surface area contributed by atoms with E-state index >= 15 is 0 Å². The Morgan fingerprint density at radius 2 is 2.00 bits per heavy atom. The van der Waals surface area contributed by atoms with Crippen molar-refractivity contribution in [3.05, 3.63) is 54.0 Å².